The molecule has 2 nitrogen and oxygen atoms in total. The van der Waals surface area contributed by atoms with E-state index in [1.165, 1.54) is 5.56 Å². The Morgan fingerprint density at radius 2 is 1.94 bits per heavy atom. The number of nitrogens with zero attached hydrogens (tertiary/aromatic N) is 1. The van der Waals surface area contributed by atoms with Crippen molar-refractivity contribution in [3.63, 3.8) is 0 Å². The second-order valence-electron chi connectivity index (χ2n) is 5.00. The van der Waals surface area contributed by atoms with Crippen LogP contribution >= 0.6 is 0 Å². The van der Waals surface area contributed by atoms with Gasteiger partial charge < -0.3 is 4.74 Å². The first-order valence-electron chi connectivity index (χ1n) is 5.45. The van der Waals surface area contributed by atoms with E-state index >= 15 is 0 Å². The molecule has 0 aliphatic rings. The third kappa shape index (κ3) is 1.87. The van der Waals surface area contributed by atoms with E-state index in [1.807, 2.05) is 12.3 Å². The van der Waals surface area contributed by atoms with Gasteiger partial charge in [-0.2, -0.15) is 0 Å². The highest BCUT2D eigenvalue weighted by Gasteiger charge is 2.19. The van der Waals surface area contributed by atoms with Gasteiger partial charge in [-0.1, -0.05) is 26.8 Å². The zero-order chi connectivity index (χ0) is 11.8. The maximum Gasteiger partial charge on any atom is 0.123 e. The van der Waals surface area contributed by atoms with Crippen molar-refractivity contribution >= 4 is 10.9 Å². The Kier molecular flexibility index (Phi) is 2.58. The van der Waals surface area contributed by atoms with E-state index in [4.69, 9.17) is 4.74 Å². The summed E-state index contributed by atoms with van der Waals surface area (Å²) < 4.78 is 5.45. The normalized spacial score (nSPS) is 11.8. The molecule has 0 saturated carbocycles. The number of benzene rings is 1. The predicted molar refractivity (Wildman–Crippen MR) is 67.0 cm³/mol. The predicted octanol–water partition coefficient (Wildman–Crippen LogP) is 3.54. The van der Waals surface area contributed by atoms with E-state index in [2.05, 4.69) is 44.0 Å². The minimum Gasteiger partial charge on any atom is -0.496 e. The van der Waals surface area contributed by atoms with Crippen LogP contribution in [0.25, 0.3) is 10.9 Å². The van der Waals surface area contributed by atoms with Crippen LogP contribution in [0.2, 0.25) is 0 Å². The van der Waals surface area contributed by atoms with E-state index in [0.717, 1.165) is 16.7 Å². The maximum atomic E-state index is 5.45. The second-order valence-corrected chi connectivity index (χ2v) is 5.00. The molecule has 2 heteroatoms. The molecule has 0 atom stereocenters. The summed E-state index contributed by atoms with van der Waals surface area (Å²) in [4.78, 5) is 4.38. The number of fused-ring (bicyclic) bond motifs is 1. The Hall–Kier alpha value is -1.57. The number of methoxy groups -OCH3 is 1. The van der Waals surface area contributed by atoms with Gasteiger partial charge in [-0.25, -0.2) is 0 Å². The van der Waals surface area contributed by atoms with E-state index < -0.39 is 0 Å². The summed E-state index contributed by atoms with van der Waals surface area (Å²) in [6, 6.07) is 8.17. The molecule has 1 aromatic carbocycles. The van der Waals surface area contributed by atoms with Crippen LogP contribution in [0.3, 0.4) is 0 Å². The number of pyridine rings is 1. The van der Waals surface area contributed by atoms with E-state index in [-0.39, 0.29) is 5.41 Å². The first kappa shape index (κ1) is 10.9. The third-order valence-corrected chi connectivity index (χ3v) is 2.73. The largest absolute Gasteiger partial charge is 0.496 e. The van der Waals surface area contributed by atoms with Crippen LogP contribution in [0.1, 0.15) is 26.3 Å². The average Bonchev–Trinajstić information content (AvgIpc) is 2.26. The minimum atomic E-state index is 0.0665. The SMILES string of the molecule is COc1cc2cccnc2cc1C(C)(C)C. The molecule has 1 heterocycles. The van der Waals surface area contributed by atoms with Crippen molar-refractivity contribution in [1.82, 2.24) is 4.98 Å². The van der Waals surface area contributed by atoms with Crippen LogP contribution in [-0.4, -0.2) is 12.1 Å². The van der Waals surface area contributed by atoms with Crippen molar-refractivity contribution in [2.24, 2.45) is 0 Å². The fourth-order valence-electron chi connectivity index (χ4n) is 1.85. The van der Waals surface area contributed by atoms with Crippen molar-refractivity contribution < 1.29 is 4.74 Å². The molecule has 0 aliphatic heterocycles. The maximum absolute atomic E-state index is 5.45. The number of rotatable bonds is 1. The zero-order valence-corrected chi connectivity index (χ0v) is 10.2. The van der Waals surface area contributed by atoms with Gasteiger partial charge in [0.05, 0.1) is 12.6 Å². The van der Waals surface area contributed by atoms with Gasteiger partial charge in [0.25, 0.3) is 0 Å². The molecule has 0 fully saturated rings. The number of ether oxygens (including phenoxy) is 1. The quantitative estimate of drug-likeness (QED) is 0.726. The molecule has 0 aliphatic carbocycles. The van der Waals surface area contributed by atoms with Gasteiger partial charge >= 0.3 is 0 Å². The van der Waals surface area contributed by atoms with Crippen molar-refractivity contribution in [2.75, 3.05) is 7.11 Å². The standard InChI is InChI=1S/C14H17NO/c1-14(2,3)11-9-12-10(6-5-7-15-12)8-13(11)16-4/h5-9H,1-4H3. The van der Waals surface area contributed by atoms with E-state index in [9.17, 15) is 0 Å². The molecule has 0 bridgehead atoms. The van der Waals surface area contributed by atoms with Crippen molar-refractivity contribution in [2.45, 2.75) is 26.2 Å². The first-order chi connectivity index (χ1) is 7.52. The third-order valence-electron chi connectivity index (χ3n) is 2.73. The van der Waals surface area contributed by atoms with E-state index in [0.29, 0.717) is 0 Å². The van der Waals surface area contributed by atoms with Gasteiger partial charge in [-0.05, 0) is 23.6 Å². The molecule has 0 N–H and O–H groups in total. The Morgan fingerprint density at radius 3 is 2.56 bits per heavy atom. The molecule has 16 heavy (non-hydrogen) atoms. The summed E-state index contributed by atoms with van der Waals surface area (Å²) in [5.41, 5.74) is 2.28. The summed E-state index contributed by atoms with van der Waals surface area (Å²) in [7, 11) is 1.72. The highest BCUT2D eigenvalue weighted by atomic mass is 16.5. The lowest BCUT2D eigenvalue weighted by molar-refractivity contribution is 0.398. The Labute approximate surface area is 96.3 Å². The Bertz CT molecular complexity index is 512. The van der Waals surface area contributed by atoms with Gasteiger partial charge in [-0.15, -0.1) is 0 Å². The molecule has 2 aromatic rings. The highest BCUT2D eigenvalue weighted by molar-refractivity contribution is 5.81. The summed E-state index contributed by atoms with van der Waals surface area (Å²) in [6.07, 6.45) is 1.82. The summed E-state index contributed by atoms with van der Waals surface area (Å²) >= 11 is 0. The van der Waals surface area contributed by atoms with Crippen LogP contribution in [-0.2, 0) is 5.41 Å². The van der Waals surface area contributed by atoms with Gasteiger partial charge in [0, 0.05) is 17.1 Å². The van der Waals surface area contributed by atoms with Crippen molar-refractivity contribution in [3.8, 4) is 5.75 Å². The van der Waals surface area contributed by atoms with Crippen LogP contribution in [0, 0.1) is 0 Å². The molecular weight excluding hydrogens is 198 g/mol. The van der Waals surface area contributed by atoms with Crippen LogP contribution in [0.15, 0.2) is 30.5 Å². The minimum absolute atomic E-state index is 0.0665. The van der Waals surface area contributed by atoms with Gasteiger partial charge in [0.15, 0.2) is 0 Å². The highest BCUT2D eigenvalue weighted by Crippen LogP contribution is 2.34. The number of aromatic nitrogens is 1. The lowest BCUT2D eigenvalue weighted by Gasteiger charge is -2.22. The number of hydrogen-bond acceptors (Lipinski definition) is 2. The number of hydrogen-bond donors (Lipinski definition) is 0. The fraction of sp³-hybridized carbons (Fsp3) is 0.357. The molecule has 1 aromatic heterocycles. The van der Waals surface area contributed by atoms with Crippen LogP contribution < -0.4 is 4.74 Å². The zero-order valence-electron chi connectivity index (χ0n) is 10.2. The van der Waals surface area contributed by atoms with Gasteiger partial charge in [0.1, 0.15) is 5.75 Å². The topological polar surface area (TPSA) is 22.1 Å². The summed E-state index contributed by atoms with van der Waals surface area (Å²) in [6.45, 7) is 6.54. The molecule has 0 amide bonds. The first-order valence-corrected chi connectivity index (χ1v) is 5.45. The lowest BCUT2D eigenvalue weighted by Crippen LogP contribution is -2.12. The second kappa shape index (κ2) is 3.78. The molecular formula is C14H17NO. The average molecular weight is 215 g/mol. The molecule has 84 valence electrons. The Morgan fingerprint density at radius 1 is 1.19 bits per heavy atom. The van der Waals surface area contributed by atoms with Crippen LogP contribution in [0.5, 0.6) is 5.75 Å². The molecule has 0 radical (unpaired) electrons. The summed E-state index contributed by atoms with van der Waals surface area (Å²) in [5, 5.41) is 1.12. The van der Waals surface area contributed by atoms with E-state index in [1.54, 1.807) is 7.11 Å². The van der Waals surface area contributed by atoms with Crippen molar-refractivity contribution in [1.29, 1.82) is 0 Å². The van der Waals surface area contributed by atoms with Gasteiger partial charge in [0.2, 0.25) is 0 Å². The Balaban J connectivity index is 2.73. The smallest absolute Gasteiger partial charge is 0.123 e. The molecule has 0 unspecified atom stereocenters. The fourth-order valence-corrected chi connectivity index (χ4v) is 1.85. The molecule has 2 rings (SSSR count). The van der Waals surface area contributed by atoms with Crippen molar-refractivity contribution in [3.05, 3.63) is 36.0 Å². The summed E-state index contributed by atoms with van der Waals surface area (Å²) in [5.74, 6) is 0.938. The lowest BCUT2D eigenvalue weighted by atomic mass is 9.85. The van der Waals surface area contributed by atoms with Gasteiger partial charge in [-0.3, -0.25) is 4.98 Å². The van der Waals surface area contributed by atoms with Crippen LogP contribution in [0.4, 0.5) is 0 Å². The molecule has 0 spiro atoms. The monoisotopic (exact) mass is 215 g/mol. The molecule has 0 saturated heterocycles.